The molecule has 0 aromatic heterocycles. The van der Waals surface area contributed by atoms with Gasteiger partial charge in [-0.05, 0) is 49.4 Å². The molecule has 1 atom stereocenters. The number of carbonyl (C=O) groups is 2. The molecular formula is C26H31Cl2N3O2. The lowest BCUT2D eigenvalue weighted by molar-refractivity contribution is -0.129. The van der Waals surface area contributed by atoms with Gasteiger partial charge in [-0.15, -0.1) is 0 Å². The third-order valence-electron chi connectivity index (χ3n) is 6.83. The summed E-state index contributed by atoms with van der Waals surface area (Å²) in [6, 6.07) is 13.1. The fourth-order valence-corrected chi connectivity index (χ4v) is 5.38. The molecule has 0 bridgehead atoms. The van der Waals surface area contributed by atoms with Crippen molar-refractivity contribution in [1.82, 2.24) is 15.1 Å². The number of halogens is 2. The molecule has 176 valence electrons. The highest BCUT2D eigenvalue weighted by Crippen LogP contribution is 2.31. The van der Waals surface area contributed by atoms with Crippen LogP contribution >= 0.6 is 23.2 Å². The second-order valence-electron chi connectivity index (χ2n) is 9.15. The van der Waals surface area contributed by atoms with Gasteiger partial charge in [0.15, 0.2) is 0 Å². The molecule has 1 saturated carbocycles. The van der Waals surface area contributed by atoms with Crippen LogP contribution < -0.4 is 5.32 Å². The zero-order valence-corrected chi connectivity index (χ0v) is 20.5. The summed E-state index contributed by atoms with van der Waals surface area (Å²) in [7, 11) is 0. The van der Waals surface area contributed by atoms with Crippen LogP contribution in [0.5, 0.6) is 0 Å². The maximum Gasteiger partial charge on any atom is 0.253 e. The predicted molar refractivity (Wildman–Crippen MR) is 133 cm³/mol. The van der Waals surface area contributed by atoms with Crippen LogP contribution in [-0.2, 0) is 11.3 Å². The lowest BCUT2D eigenvalue weighted by Gasteiger charge is -2.40. The number of rotatable bonds is 6. The highest BCUT2D eigenvalue weighted by molar-refractivity contribution is 6.42. The standard InChI is InChI=1S/C26H31Cl2N3O2/c1-18-5-4-6-19(15-18)17-29-25(32)24(20-7-2-3-8-20)30-11-13-31(14-12-30)26(33)21-9-10-22(27)23(28)16-21/h4-6,9-10,15-16,20,24H,2-3,7-8,11-14,17H2,1H3,(H,29,32)/t24-/m0/s1. The van der Waals surface area contributed by atoms with Crippen molar-refractivity contribution < 1.29 is 9.59 Å². The van der Waals surface area contributed by atoms with Crippen LogP contribution in [0.3, 0.4) is 0 Å². The van der Waals surface area contributed by atoms with Gasteiger partial charge in [-0.25, -0.2) is 0 Å². The third-order valence-corrected chi connectivity index (χ3v) is 7.56. The average molecular weight is 488 g/mol. The number of amides is 2. The normalized spacial score (nSPS) is 18.3. The summed E-state index contributed by atoms with van der Waals surface area (Å²) < 4.78 is 0. The van der Waals surface area contributed by atoms with Crippen LogP contribution in [0.4, 0.5) is 0 Å². The molecule has 5 nitrogen and oxygen atoms in total. The molecule has 1 saturated heterocycles. The Morgan fingerprint density at radius 1 is 1.00 bits per heavy atom. The first-order valence-corrected chi connectivity index (χ1v) is 12.5. The molecule has 0 unspecified atom stereocenters. The maximum absolute atomic E-state index is 13.3. The van der Waals surface area contributed by atoms with Gasteiger partial charge >= 0.3 is 0 Å². The monoisotopic (exact) mass is 487 g/mol. The smallest absolute Gasteiger partial charge is 0.253 e. The fraction of sp³-hybridized carbons (Fsp3) is 0.462. The van der Waals surface area contributed by atoms with E-state index in [2.05, 4.69) is 29.3 Å². The van der Waals surface area contributed by atoms with Crippen LogP contribution in [0.15, 0.2) is 42.5 Å². The minimum absolute atomic E-state index is 0.0467. The first-order chi connectivity index (χ1) is 15.9. The van der Waals surface area contributed by atoms with Gasteiger partial charge in [0.1, 0.15) is 0 Å². The molecule has 2 aliphatic rings. The lowest BCUT2D eigenvalue weighted by Crippen LogP contribution is -2.57. The zero-order valence-electron chi connectivity index (χ0n) is 19.0. The second kappa shape index (κ2) is 10.9. The molecule has 7 heteroatoms. The predicted octanol–water partition coefficient (Wildman–Crippen LogP) is 4.93. The average Bonchev–Trinajstić information content (AvgIpc) is 3.34. The van der Waals surface area contributed by atoms with Gasteiger partial charge in [0.2, 0.25) is 5.91 Å². The van der Waals surface area contributed by atoms with Crippen LogP contribution in [-0.4, -0.2) is 53.8 Å². The van der Waals surface area contributed by atoms with Crippen molar-refractivity contribution in [3.8, 4) is 0 Å². The fourth-order valence-electron chi connectivity index (χ4n) is 5.08. The van der Waals surface area contributed by atoms with Gasteiger partial charge in [0.05, 0.1) is 16.1 Å². The molecule has 2 fully saturated rings. The minimum Gasteiger partial charge on any atom is -0.351 e. The van der Waals surface area contributed by atoms with Gasteiger partial charge in [0, 0.05) is 38.3 Å². The molecule has 33 heavy (non-hydrogen) atoms. The largest absolute Gasteiger partial charge is 0.351 e. The van der Waals surface area contributed by atoms with E-state index >= 15 is 0 Å². The number of benzene rings is 2. The maximum atomic E-state index is 13.3. The van der Waals surface area contributed by atoms with E-state index in [0.717, 1.165) is 18.4 Å². The van der Waals surface area contributed by atoms with Crippen molar-refractivity contribution >= 4 is 35.0 Å². The number of nitrogens with zero attached hydrogens (tertiary/aromatic N) is 2. The zero-order chi connectivity index (χ0) is 23.4. The van der Waals surface area contributed by atoms with Crippen molar-refractivity contribution in [1.29, 1.82) is 0 Å². The van der Waals surface area contributed by atoms with Crippen molar-refractivity contribution in [2.45, 2.75) is 45.2 Å². The summed E-state index contributed by atoms with van der Waals surface area (Å²) in [6.45, 7) is 5.16. The van der Waals surface area contributed by atoms with Gasteiger partial charge in [-0.2, -0.15) is 0 Å². The Labute approximate surface area is 206 Å². The van der Waals surface area contributed by atoms with Crippen LogP contribution in [0, 0.1) is 12.8 Å². The molecule has 0 radical (unpaired) electrons. The van der Waals surface area contributed by atoms with Crippen LogP contribution in [0.2, 0.25) is 10.0 Å². The van der Waals surface area contributed by atoms with E-state index in [9.17, 15) is 9.59 Å². The van der Waals surface area contributed by atoms with E-state index in [-0.39, 0.29) is 17.9 Å². The SMILES string of the molecule is Cc1cccc(CNC(=O)[C@H](C2CCCC2)N2CCN(C(=O)c3ccc(Cl)c(Cl)c3)CC2)c1. The molecule has 0 spiro atoms. The Hall–Kier alpha value is -2.08. The second-order valence-corrected chi connectivity index (χ2v) is 9.97. The van der Waals surface area contributed by atoms with Crippen LogP contribution in [0.25, 0.3) is 0 Å². The van der Waals surface area contributed by atoms with Crippen molar-refractivity contribution in [3.63, 3.8) is 0 Å². The summed E-state index contributed by atoms with van der Waals surface area (Å²) in [5, 5.41) is 4.00. The highest BCUT2D eigenvalue weighted by atomic mass is 35.5. The van der Waals surface area contributed by atoms with E-state index in [0.29, 0.717) is 54.3 Å². The number of hydrogen-bond acceptors (Lipinski definition) is 3. The summed E-state index contributed by atoms with van der Waals surface area (Å²) in [5.74, 6) is 0.432. The van der Waals surface area contributed by atoms with Gasteiger partial charge in [-0.1, -0.05) is 65.9 Å². The van der Waals surface area contributed by atoms with E-state index in [1.165, 1.54) is 18.4 Å². The third kappa shape index (κ3) is 5.89. The molecule has 1 N–H and O–H groups in total. The summed E-state index contributed by atoms with van der Waals surface area (Å²) in [5.41, 5.74) is 2.85. The van der Waals surface area contributed by atoms with Crippen molar-refractivity contribution in [3.05, 3.63) is 69.2 Å². The summed E-state index contributed by atoms with van der Waals surface area (Å²) in [4.78, 5) is 30.4. The molecule has 4 rings (SSSR count). The van der Waals surface area contributed by atoms with E-state index in [1.54, 1.807) is 18.2 Å². The number of carbonyl (C=O) groups excluding carboxylic acids is 2. The van der Waals surface area contributed by atoms with Gasteiger partial charge < -0.3 is 10.2 Å². The number of piperazine rings is 1. The van der Waals surface area contributed by atoms with Gasteiger partial charge in [-0.3, -0.25) is 14.5 Å². The first-order valence-electron chi connectivity index (χ1n) is 11.7. The molecule has 1 aliphatic heterocycles. The molecule has 2 aromatic carbocycles. The molecule has 2 aromatic rings. The molecular weight excluding hydrogens is 457 g/mol. The Morgan fingerprint density at radius 2 is 1.73 bits per heavy atom. The van der Waals surface area contributed by atoms with Crippen molar-refractivity contribution in [2.24, 2.45) is 5.92 Å². The van der Waals surface area contributed by atoms with E-state index in [4.69, 9.17) is 23.2 Å². The molecule has 1 aliphatic carbocycles. The minimum atomic E-state index is -0.139. The summed E-state index contributed by atoms with van der Waals surface area (Å²) >= 11 is 12.1. The Kier molecular flexibility index (Phi) is 7.94. The van der Waals surface area contributed by atoms with Gasteiger partial charge in [0.25, 0.3) is 5.91 Å². The number of nitrogens with one attached hydrogen (secondary N) is 1. The summed E-state index contributed by atoms with van der Waals surface area (Å²) in [6.07, 6.45) is 4.54. The van der Waals surface area contributed by atoms with E-state index < -0.39 is 0 Å². The Balaban J connectivity index is 1.39. The molecule has 2 amide bonds. The number of aryl methyl sites for hydroxylation is 1. The molecule has 1 heterocycles. The Morgan fingerprint density at radius 3 is 2.39 bits per heavy atom. The van der Waals surface area contributed by atoms with Crippen molar-refractivity contribution in [2.75, 3.05) is 26.2 Å². The highest BCUT2D eigenvalue weighted by Gasteiger charge is 2.37. The van der Waals surface area contributed by atoms with Crippen LogP contribution in [0.1, 0.15) is 47.2 Å². The number of hydrogen-bond donors (Lipinski definition) is 1. The van der Waals surface area contributed by atoms with E-state index in [1.807, 2.05) is 17.0 Å². The lowest BCUT2D eigenvalue weighted by atomic mass is 9.94. The quantitative estimate of drug-likeness (QED) is 0.627. The Bertz CT molecular complexity index is 999. The first kappa shape index (κ1) is 24.1. The topological polar surface area (TPSA) is 52.7 Å².